The molecule has 88 valence electrons. The molecule has 0 bridgehead atoms. The molecule has 1 rings (SSSR count). The van der Waals surface area contributed by atoms with Crippen LogP contribution in [0.1, 0.15) is 40.0 Å². The number of carbonyl (C=O) groups is 1. The highest BCUT2D eigenvalue weighted by Gasteiger charge is 2.28. The first-order valence-corrected chi connectivity index (χ1v) is 5.65. The number of nitrogens with zero attached hydrogens (tertiary/aromatic N) is 1. The van der Waals surface area contributed by atoms with Gasteiger partial charge in [-0.1, -0.05) is 6.42 Å². The molecule has 0 aromatic rings. The van der Waals surface area contributed by atoms with E-state index in [-0.39, 0.29) is 5.54 Å². The van der Waals surface area contributed by atoms with Gasteiger partial charge in [0.25, 0.3) is 0 Å². The van der Waals surface area contributed by atoms with Gasteiger partial charge in [0, 0.05) is 18.1 Å². The molecule has 4 heteroatoms. The first-order valence-electron chi connectivity index (χ1n) is 5.65. The number of hydrogen-bond donors (Lipinski definition) is 2. The van der Waals surface area contributed by atoms with E-state index in [0.717, 1.165) is 13.0 Å². The molecular weight excluding hydrogens is 192 g/mol. The standard InChI is InChI=1S/C11H22N2O2/c1-11(2,3)13(10(14)15)8-9-6-4-5-7-12-9/h9,12H,4-8H2,1-3H3,(H,14,15)/t9-/m0/s1. The predicted molar refractivity (Wildman–Crippen MR) is 60.1 cm³/mol. The summed E-state index contributed by atoms with van der Waals surface area (Å²) in [6.45, 7) is 7.42. The summed E-state index contributed by atoms with van der Waals surface area (Å²) in [4.78, 5) is 12.6. The van der Waals surface area contributed by atoms with Crippen molar-refractivity contribution in [1.82, 2.24) is 10.2 Å². The minimum atomic E-state index is -0.824. The first kappa shape index (κ1) is 12.3. The van der Waals surface area contributed by atoms with E-state index >= 15 is 0 Å². The van der Waals surface area contributed by atoms with Crippen LogP contribution in [0, 0.1) is 0 Å². The van der Waals surface area contributed by atoms with Gasteiger partial charge in [-0.05, 0) is 40.2 Å². The fourth-order valence-electron chi connectivity index (χ4n) is 1.94. The van der Waals surface area contributed by atoms with Gasteiger partial charge in [0.1, 0.15) is 0 Å². The third kappa shape index (κ3) is 3.70. The van der Waals surface area contributed by atoms with Crippen LogP contribution in [0.3, 0.4) is 0 Å². The summed E-state index contributed by atoms with van der Waals surface area (Å²) < 4.78 is 0. The summed E-state index contributed by atoms with van der Waals surface area (Å²) in [5.74, 6) is 0. The zero-order valence-electron chi connectivity index (χ0n) is 9.92. The van der Waals surface area contributed by atoms with Crippen LogP contribution in [0.2, 0.25) is 0 Å². The minimum Gasteiger partial charge on any atom is -0.465 e. The van der Waals surface area contributed by atoms with E-state index < -0.39 is 6.09 Å². The Labute approximate surface area is 91.6 Å². The zero-order valence-corrected chi connectivity index (χ0v) is 9.92. The van der Waals surface area contributed by atoms with Gasteiger partial charge in [0.05, 0.1) is 0 Å². The molecule has 15 heavy (non-hydrogen) atoms. The fourth-order valence-corrected chi connectivity index (χ4v) is 1.94. The van der Waals surface area contributed by atoms with Gasteiger partial charge in [-0.15, -0.1) is 0 Å². The SMILES string of the molecule is CC(C)(C)N(C[C@@H]1CCCCN1)C(=O)O. The Kier molecular flexibility index (Phi) is 3.97. The molecule has 1 aliphatic heterocycles. The lowest BCUT2D eigenvalue weighted by molar-refractivity contribution is 0.0901. The van der Waals surface area contributed by atoms with Crippen molar-refractivity contribution >= 4 is 6.09 Å². The Morgan fingerprint density at radius 3 is 2.53 bits per heavy atom. The second-order valence-electron chi connectivity index (χ2n) is 5.21. The molecule has 0 aromatic heterocycles. The molecule has 1 aliphatic rings. The summed E-state index contributed by atoms with van der Waals surface area (Å²) in [5.41, 5.74) is -0.315. The van der Waals surface area contributed by atoms with Crippen LogP contribution in [0.4, 0.5) is 4.79 Å². The van der Waals surface area contributed by atoms with Crippen LogP contribution >= 0.6 is 0 Å². The van der Waals surface area contributed by atoms with E-state index in [1.807, 2.05) is 20.8 Å². The molecule has 1 atom stereocenters. The molecule has 1 amide bonds. The zero-order chi connectivity index (χ0) is 11.5. The van der Waals surface area contributed by atoms with E-state index in [9.17, 15) is 4.79 Å². The predicted octanol–water partition coefficient (Wildman–Crippen LogP) is 1.91. The van der Waals surface area contributed by atoms with Crippen molar-refractivity contribution in [3.8, 4) is 0 Å². The molecule has 0 radical (unpaired) electrons. The number of amides is 1. The van der Waals surface area contributed by atoms with Crippen LogP contribution in [-0.2, 0) is 0 Å². The molecule has 1 heterocycles. The molecule has 0 aromatic carbocycles. The molecule has 1 saturated heterocycles. The summed E-state index contributed by atoms with van der Waals surface area (Å²) in [5, 5.41) is 12.5. The van der Waals surface area contributed by atoms with Crippen molar-refractivity contribution in [2.24, 2.45) is 0 Å². The van der Waals surface area contributed by atoms with Crippen LogP contribution < -0.4 is 5.32 Å². The number of piperidine rings is 1. The highest BCUT2D eigenvalue weighted by Crippen LogP contribution is 2.16. The Hall–Kier alpha value is -0.770. The van der Waals surface area contributed by atoms with Crippen LogP contribution in [-0.4, -0.2) is 40.8 Å². The smallest absolute Gasteiger partial charge is 0.407 e. The van der Waals surface area contributed by atoms with E-state index in [1.165, 1.54) is 17.7 Å². The number of rotatable bonds is 2. The van der Waals surface area contributed by atoms with Gasteiger partial charge in [0.15, 0.2) is 0 Å². The number of hydrogen-bond acceptors (Lipinski definition) is 2. The summed E-state index contributed by atoms with van der Waals surface area (Å²) >= 11 is 0. The third-order valence-electron chi connectivity index (χ3n) is 2.86. The fraction of sp³-hybridized carbons (Fsp3) is 0.909. The van der Waals surface area contributed by atoms with Crippen LogP contribution in [0.5, 0.6) is 0 Å². The van der Waals surface area contributed by atoms with Crippen molar-refractivity contribution < 1.29 is 9.90 Å². The highest BCUT2D eigenvalue weighted by molar-refractivity contribution is 5.66. The maximum atomic E-state index is 11.1. The normalized spacial score (nSPS) is 22.5. The maximum Gasteiger partial charge on any atom is 0.407 e. The van der Waals surface area contributed by atoms with Crippen LogP contribution in [0.25, 0.3) is 0 Å². The number of nitrogens with one attached hydrogen (secondary N) is 1. The van der Waals surface area contributed by atoms with Crippen molar-refractivity contribution in [3.05, 3.63) is 0 Å². The largest absolute Gasteiger partial charge is 0.465 e. The van der Waals surface area contributed by atoms with E-state index in [1.54, 1.807) is 0 Å². The average molecular weight is 214 g/mol. The minimum absolute atomic E-state index is 0.315. The molecule has 0 aliphatic carbocycles. The van der Waals surface area contributed by atoms with Crippen molar-refractivity contribution in [2.45, 2.75) is 51.6 Å². The second kappa shape index (κ2) is 4.84. The second-order valence-corrected chi connectivity index (χ2v) is 5.21. The molecule has 0 saturated carbocycles. The molecule has 1 fully saturated rings. The monoisotopic (exact) mass is 214 g/mol. The Balaban J connectivity index is 2.54. The van der Waals surface area contributed by atoms with Crippen molar-refractivity contribution in [2.75, 3.05) is 13.1 Å². The summed E-state index contributed by atoms with van der Waals surface area (Å²) in [6.07, 6.45) is 2.67. The molecule has 4 nitrogen and oxygen atoms in total. The molecule has 2 N–H and O–H groups in total. The number of carboxylic acid groups (broad SMARTS) is 1. The molecule has 0 spiro atoms. The summed E-state index contributed by atoms with van der Waals surface area (Å²) in [6, 6.07) is 0.328. The lowest BCUT2D eigenvalue weighted by atomic mass is 10.0. The van der Waals surface area contributed by atoms with Crippen molar-refractivity contribution in [1.29, 1.82) is 0 Å². The Bertz CT molecular complexity index is 217. The molecule has 0 unspecified atom stereocenters. The quantitative estimate of drug-likeness (QED) is 0.738. The first-order chi connectivity index (χ1) is 6.91. The van der Waals surface area contributed by atoms with E-state index in [2.05, 4.69) is 5.32 Å². The molecular formula is C11H22N2O2. The third-order valence-corrected chi connectivity index (χ3v) is 2.86. The van der Waals surface area contributed by atoms with Crippen LogP contribution in [0.15, 0.2) is 0 Å². The van der Waals surface area contributed by atoms with Gasteiger partial charge >= 0.3 is 6.09 Å². The van der Waals surface area contributed by atoms with E-state index in [0.29, 0.717) is 12.6 Å². The van der Waals surface area contributed by atoms with Gasteiger partial charge in [-0.2, -0.15) is 0 Å². The van der Waals surface area contributed by atoms with Crippen molar-refractivity contribution in [3.63, 3.8) is 0 Å². The Morgan fingerprint density at radius 2 is 2.13 bits per heavy atom. The topological polar surface area (TPSA) is 52.6 Å². The van der Waals surface area contributed by atoms with Gasteiger partial charge < -0.3 is 15.3 Å². The Morgan fingerprint density at radius 1 is 1.47 bits per heavy atom. The van der Waals surface area contributed by atoms with E-state index in [4.69, 9.17) is 5.11 Å². The van der Waals surface area contributed by atoms with Gasteiger partial charge in [-0.25, -0.2) is 4.79 Å². The van der Waals surface area contributed by atoms with Gasteiger partial charge in [0.2, 0.25) is 0 Å². The lowest BCUT2D eigenvalue weighted by Gasteiger charge is -2.37. The average Bonchev–Trinajstić information content (AvgIpc) is 2.13. The highest BCUT2D eigenvalue weighted by atomic mass is 16.4. The lowest BCUT2D eigenvalue weighted by Crippen LogP contribution is -2.52. The maximum absolute atomic E-state index is 11.1. The summed E-state index contributed by atoms with van der Waals surface area (Å²) in [7, 11) is 0. The van der Waals surface area contributed by atoms with Gasteiger partial charge in [-0.3, -0.25) is 0 Å².